The quantitative estimate of drug-likeness (QED) is 0.628. The van der Waals surface area contributed by atoms with Crippen LogP contribution in [0, 0.1) is 10.1 Å². The molecule has 17 heavy (non-hydrogen) atoms. The summed E-state index contributed by atoms with van der Waals surface area (Å²) in [5.41, 5.74) is 5.67. The maximum absolute atomic E-state index is 10.7. The first-order chi connectivity index (χ1) is 8.11. The molecule has 0 aliphatic heterocycles. The highest BCUT2D eigenvalue weighted by Crippen LogP contribution is 2.31. The number of benzene rings is 1. The Labute approximate surface area is 95.1 Å². The van der Waals surface area contributed by atoms with E-state index in [1.165, 1.54) is 25.3 Å². The molecule has 0 fully saturated rings. The molecule has 0 bridgehead atoms. The van der Waals surface area contributed by atoms with Gasteiger partial charge in [-0.3, -0.25) is 10.1 Å². The summed E-state index contributed by atoms with van der Waals surface area (Å²) in [5, 5.41) is 14.1. The van der Waals surface area contributed by atoms with Gasteiger partial charge < -0.3 is 15.0 Å². The standard InChI is InChI=1S/C9H8N4O4/c1-16-7-4-5(2-3-6(7)13(14)15)8-11-9(10)12-17-8/h2-4H,1H3,(H2,10,12). The number of nitro groups is 1. The van der Waals surface area contributed by atoms with E-state index < -0.39 is 4.92 Å². The smallest absolute Gasteiger partial charge is 0.310 e. The zero-order valence-electron chi connectivity index (χ0n) is 8.78. The number of nitrogen functional groups attached to an aromatic ring is 1. The summed E-state index contributed by atoms with van der Waals surface area (Å²) >= 11 is 0. The number of hydrogen-bond acceptors (Lipinski definition) is 7. The summed E-state index contributed by atoms with van der Waals surface area (Å²) in [6, 6.07) is 4.22. The Morgan fingerprint density at radius 3 is 2.82 bits per heavy atom. The van der Waals surface area contributed by atoms with Crippen molar-refractivity contribution in [3.63, 3.8) is 0 Å². The van der Waals surface area contributed by atoms with E-state index in [1.807, 2.05) is 0 Å². The maximum atomic E-state index is 10.7. The van der Waals surface area contributed by atoms with Gasteiger partial charge in [0.1, 0.15) is 0 Å². The molecule has 8 heteroatoms. The Morgan fingerprint density at radius 1 is 1.53 bits per heavy atom. The van der Waals surface area contributed by atoms with Gasteiger partial charge in [0.25, 0.3) is 11.8 Å². The number of ether oxygens (including phenoxy) is 1. The Hall–Kier alpha value is -2.64. The van der Waals surface area contributed by atoms with Crippen molar-refractivity contribution in [2.75, 3.05) is 12.8 Å². The maximum Gasteiger partial charge on any atom is 0.310 e. The molecule has 1 heterocycles. The monoisotopic (exact) mass is 236 g/mol. The predicted octanol–water partition coefficient (Wildman–Crippen LogP) is 1.24. The molecule has 88 valence electrons. The summed E-state index contributed by atoms with van der Waals surface area (Å²) in [7, 11) is 1.34. The number of nitrogens with two attached hydrogens (primary N) is 1. The molecule has 8 nitrogen and oxygen atoms in total. The third-order valence-corrected chi connectivity index (χ3v) is 2.07. The van der Waals surface area contributed by atoms with E-state index in [-0.39, 0.29) is 23.3 Å². The lowest BCUT2D eigenvalue weighted by Crippen LogP contribution is -1.94. The van der Waals surface area contributed by atoms with Crippen LogP contribution in [0.3, 0.4) is 0 Å². The van der Waals surface area contributed by atoms with Gasteiger partial charge >= 0.3 is 5.69 Å². The largest absolute Gasteiger partial charge is 0.490 e. The van der Waals surface area contributed by atoms with E-state index >= 15 is 0 Å². The Bertz CT molecular complexity index is 566. The van der Waals surface area contributed by atoms with Gasteiger partial charge in [-0.15, -0.1) is 0 Å². The average molecular weight is 236 g/mol. The minimum absolute atomic E-state index is 0.00248. The van der Waals surface area contributed by atoms with Gasteiger partial charge in [-0.2, -0.15) is 4.98 Å². The van der Waals surface area contributed by atoms with Crippen LogP contribution in [0.25, 0.3) is 11.5 Å². The number of anilines is 1. The molecular weight excluding hydrogens is 228 g/mol. The SMILES string of the molecule is COc1cc(-c2nc(N)no2)ccc1[N+](=O)[O-]. The molecule has 2 rings (SSSR count). The fourth-order valence-electron chi connectivity index (χ4n) is 1.31. The summed E-state index contributed by atoms with van der Waals surface area (Å²) in [5.74, 6) is 0.289. The van der Waals surface area contributed by atoms with Crippen molar-refractivity contribution in [2.45, 2.75) is 0 Å². The van der Waals surface area contributed by atoms with Gasteiger partial charge in [0, 0.05) is 17.7 Å². The van der Waals surface area contributed by atoms with E-state index in [9.17, 15) is 10.1 Å². The molecule has 0 amide bonds. The van der Waals surface area contributed by atoms with Crippen molar-refractivity contribution in [3.8, 4) is 17.2 Å². The van der Waals surface area contributed by atoms with Crippen LogP contribution in [0.5, 0.6) is 5.75 Å². The molecule has 1 aromatic heterocycles. The van der Waals surface area contributed by atoms with Crippen molar-refractivity contribution in [3.05, 3.63) is 28.3 Å². The molecule has 2 N–H and O–H groups in total. The Morgan fingerprint density at radius 2 is 2.29 bits per heavy atom. The minimum Gasteiger partial charge on any atom is -0.490 e. The lowest BCUT2D eigenvalue weighted by Gasteiger charge is -2.02. The van der Waals surface area contributed by atoms with E-state index in [1.54, 1.807) is 0 Å². The number of nitro benzene ring substituents is 1. The second-order valence-corrected chi connectivity index (χ2v) is 3.10. The lowest BCUT2D eigenvalue weighted by atomic mass is 10.2. The van der Waals surface area contributed by atoms with Crippen molar-refractivity contribution >= 4 is 11.6 Å². The first kappa shape index (κ1) is 10.9. The highest BCUT2D eigenvalue weighted by molar-refractivity contribution is 5.62. The third-order valence-electron chi connectivity index (χ3n) is 2.07. The van der Waals surface area contributed by atoms with E-state index in [0.717, 1.165) is 0 Å². The molecule has 0 saturated carbocycles. The van der Waals surface area contributed by atoms with Crippen LogP contribution in [0.15, 0.2) is 22.7 Å². The first-order valence-electron chi connectivity index (χ1n) is 4.54. The van der Waals surface area contributed by atoms with Gasteiger partial charge in [0.05, 0.1) is 12.0 Å². The van der Waals surface area contributed by atoms with E-state index in [2.05, 4.69) is 10.1 Å². The fraction of sp³-hybridized carbons (Fsp3) is 0.111. The predicted molar refractivity (Wildman–Crippen MR) is 57.4 cm³/mol. The van der Waals surface area contributed by atoms with Gasteiger partial charge in [-0.1, -0.05) is 0 Å². The Balaban J connectivity index is 2.48. The molecular formula is C9H8N4O4. The summed E-state index contributed by atoms with van der Waals surface area (Å²) in [4.78, 5) is 14.0. The van der Waals surface area contributed by atoms with Gasteiger partial charge in [0.15, 0.2) is 5.75 Å². The van der Waals surface area contributed by atoms with E-state index in [4.69, 9.17) is 15.0 Å². The van der Waals surface area contributed by atoms with Gasteiger partial charge in [-0.25, -0.2) is 0 Å². The van der Waals surface area contributed by atoms with Crippen LogP contribution in [0.1, 0.15) is 0 Å². The zero-order valence-corrected chi connectivity index (χ0v) is 8.78. The molecule has 0 spiro atoms. The number of hydrogen-bond donors (Lipinski definition) is 1. The normalized spacial score (nSPS) is 10.2. The van der Waals surface area contributed by atoms with Crippen molar-refractivity contribution < 1.29 is 14.2 Å². The number of rotatable bonds is 3. The third kappa shape index (κ3) is 2.00. The Kier molecular flexibility index (Phi) is 2.61. The topological polar surface area (TPSA) is 117 Å². The number of methoxy groups -OCH3 is 1. The summed E-state index contributed by atoms with van der Waals surface area (Å²) < 4.78 is 9.75. The lowest BCUT2D eigenvalue weighted by molar-refractivity contribution is -0.385. The van der Waals surface area contributed by atoms with Crippen LogP contribution < -0.4 is 10.5 Å². The van der Waals surface area contributed by atoms with Crippen molar-refractivity contribution in [1.29, 1.82) is 0 Å². The van der Waals surface area contributed by atoms with Crippen LogP contribution in [-0.4, -0.2) is 22.2 Å². The number of nitrogens with zero attached hydrogens (tertiary/aromatic N) is 3. The van der Waals surface area contributed by atoms with Crippen LogP contribution in [0.4, 0.5) is 11.6 Å². The second kappa shape index (κ2) is 4.08. The second-order valence-electron chi connectivity index (χ2n) is 3.10. The molecule has 0 radical (unpaired) electrons. The first-order valence-corrected chi connectivity index (χ1v) is 4.54. The van der Waals surface area contributed by atoms with Gasteiger partial charge in [-0.05, 0) is 11.2 Å². The summed E-state index contributed by atoms with van der Waals surface area (Å²) in [6.07, 6.45) is 0. The highest BCUT2D eigenvalue weighted by Gasteiger charge is 2.17. The van der Waals surface area contributed by atoms with Crippen molar-refractivity contribution in [2.24, 2.45) is 0 Å². The van der Waals surface area contributed by atoms with E-state index in [0.29, 0.717) is 5.56 Å². The molecule has 0 aliphatic carbocycles. The molecule has 2 aromatic rings. The number of aromatic nitrogens is 2. The average Bonchev–Trinajstić information content (AvgIpc) is 2.75. The molecule has 0 unspecified atom stereocenters. The minimum atomic E-state index is -0.537. The zero-order chi connectivity index (χ0) is 12.4. The summed E-state index contributed by atoms with van der Waals surface area (Å²) in [6.45, 7) is 0. The van der Waals surface area contributed by atoms with Crippen LogP contribution in [0.2, 0.25) is 0 Å². The van der Waals surface area contributed by atoms with Gasteiger partial charge in [0.2, 0.25) is 0 Å². The molecule has 1 aromatic carbocycles. The van der Waals surface area contributed by atoms with Crippen molar-refractivity contribution in [1.82, 2.24) is 10.1 Å². The molecule has 0 saturated heterocycles. The van der Waals surface area contributed by atoms with Crippen LogP contribution >= 0.6 is 0 Å². The molecule has 0 atom stereocenters. The molecule has 0 aliphatic rings. The van der Waals surface area contributed by atoms with Crippen LogP contribution in [-0.2, 0) is 0 Å². The fourth-order valence-corrected chi connectivity index (χ4v) is 1.31. The highest BCUT2D eigenvalue weighted by atomic mass is 16.6.